The highest BCUT2D eigenvalue weighted by atomic mass is 19.3. The van der Waals surface area contributed by atoms with E-state index in [0.717, 1.165) is 25.7 Å². The summed E-state index contributed by atoms with van der Waals surface area (Å²) in [4.78, 5) is 32.6. The van der Waals surface area contributed by atoms with Crippen molar-refractivity contribution in [2.75, 3.05) is 12.3 Å². The van der Waals surface area contributed by atoms with Crippen LogP contribution in [0.3, 0.4) is 0 Å². The number of halogens is 2. The summed E-state index contributed by atoms with van der Waals surface area (Å²) < 4.78 is 32.8. The number of alkyl halides is 2. The van der Waals surface area contributed by atoms with Gasteiger partial charge in [0.25, 0.3) is 11.8 Å². The van der Waals surface area contributed by atoms with Crippen LogP contribution in [-0.4, -0.2) is 61.7 Å². The SMILES string of the molecule is C[C@@H](C1CC1)N1Cc2cc(-c3ccn4nc(N)c(C(=O)N[C@@H](CO)C5CC5)c4n3)cc(OC(F)F)c2C1=O. The lowest BCUT2D eigenvalue weighted by atomic mass is 10.0. The standard InChI is InChI=1S/C26H28F2N6O4/c1-12(13-2-3-13)33-10-16-8-15(9-19(38-26(27)28)20(16)25(33)37)17-6-7-34-23(30-17)21(22(29)32-34)24(36)31-18(11-35)14-4-5-14/h6-9,12-14,18,26,35H,2-5,10-11H2,1H3,(H2,29,32)(H,31,36)/t12-,18-/m0/s1. The van der Waals surface area contributed by atoms with Gasteiger partial charge in [-0.15, -0.1) is 5.10 Å². The number of hydrogen-bond donors (Lipinski definition) is 3. The van der Waals surface area contributed by atoms with E-state index in [0.29, 0.717) is 29.3 Å². The molecule has 0 unspecified atom stereocenters. The van der Waals surface area contributed by atoms with E-state index in [1.807, 2.05) is 6.92 Å². The van der Waals surface area contributed by atoms with E-state index in [2.05, 4.69) is 15.4 Å². The number of nitrogens with zero attached hydrogens (tertiary/aromatic N) is 4. The second-order valence-corrected chi connectivity index (χ2v) is 10.3. The third kappa shape index (κ3) is 4.32. The maximum atomic E-state index is 13.3. The summed E-state index contributed by atoms with van der Waals surface area (Å²) in [6.45, 7) is -1.03. The first kappa shape index (κ1) is 24.5. The summed E-state index contributed by atoms with van der Waals surface area (Å²) in [6.07, 6.45) is 5.52. The van der Waals surface area contributed by atoms with Gasteiger partial charge < -0.3 is 25.8 Å². The molecule has 3 aliphatic rings. The Labute approximate surface area is 216 Å². The van der Waals surface area contributed by atoms with Crippen LogP contribution in [-0.2, 0) is 6.54 Å². The normalized spacial score (nSPS) is 18.7. The molecule has 2 fully saturated rings. The lowest BCUT2D eigenvalue weighted by Gasteiger charge is -2.24. The number of aliphatic hydroxyl groups excluding tert-OH is 1. The van der Waals surface area contributed by atoms with Gasteiger partial charge in [0.1, 0.15) is 11.3 Å². The molecule has 1 aliphatic heterocycles. The maximum absolute atomic E-state index is 13.3. The molecule has 2 saturated carbocycles. The number of amides is 2. The van der Waals surface area contributed by atoms with Gasteiger partial charge in [-0.1, -0.05) is 0 Å². The van der Waals surface area contributed by atoms with E-state index in [1.165, 1.54) is 10.6 Å². The average molecular weight is 527 g/mol. The van der Waals surface area contributed by atoms with Gasteiger partial charge in [-0.2, -0.15) is 8.78 Å². The molecule has 0 spiro atoms. The number of rotatable bonds is 9. The number of nitrogen functional groups attached to an aromatic ring is 1. The highest BCUT2D eigenvalue weighted by molar-refractivity contribution is 6.05. The minimum atomic E-state index is -3.11. The molecule has 3 aromatic rings. The van der Waals surface area contributed by atoms with Gasteiger partial charge in [-0.05, 0) is 68.2 Å². The van der Waals surface area contributed by atoms with E-state index in [4.69, 9.17) is 10.5 Å². The zero-order valence-corrected chi connectivity index (χ0v) is 20.7. The van der Waals surface area contributed by atoms with Crippen LogP contribution >= 0.6 is 0 Å². The number of carbonyl (C=O) groups excluding carboxylic acids is 2. The Morgan fingerprint density at radius 3 is 2.66 bits per heavy atom. The molecule has 2 aromatic heterocycles. The number of hydrogen-bond acceptors (Lipinski definition) is 7. The van der Waals surface area contributed by atoms with Gasteiger partial charge >= 0.3 is 6.61 Å². The van der Waals surface area contributed by atoms with Crippen LogP contribution in [0.15, 0.2) is 24.4 Å². The van der Waals surface area contributed by atoms with Gasteiger partial charge in [0.15, 0.2) is 11.5 Å². The first-order valence-corrected chi connectivity index (χ1v) is 12.7. The zero-order chi connectivity index (χ0) is 26.7. The van der Waals surface area contributed by atoms with Crippen molar-refractivity contribution in [1.82, 2.24) is 24.8 Å². The molecule has 0 radical (unpaired) electrons. The van der Waals surface area contributed by atoms with Crippen molar-refractivity contribution in [3.05, 3.63) is 41.1 Å². The van der Waals surface area contributed by atoms with Gasteiger partial charge in [0.05, 0.1) is 23.9 Å². The summed E-state index contributed by atoms with van der Waals surface area (Å²) in [5.74, 6) is -0.407. The second kappa shape index (κ2) is 9.19. The van der Waals surface area contributed by atoms with Crippen molar-refractivity contribution in [2.45, 2.75) is 57.8 Å². The quantitative estimate of drug-likeness (QED) is 0.390. The van der Waals surface area contributed by atoms with Crippen LogP contribution in [0.1, 0.15) is 58.9 Å². The predicted molar refractivity (Wildman–Crippen MR) is 133 cm³/mol. The number of ether oxygens (including phenoxy) is 1. The van der Waals surface area contributed by atoms with Crippen LogP contribution in [0.5, 0.6) is 5.75 Å². The number of anilines is 1. The van der Waals surface area contributed by atoms with Crippen LogP contribution < -0.4 is 15.8 Å². The largest absolute Gasteiger partial charge is 0.434 e. The number of aromatic nitrogens is 3. The number of benzene rings is 1. The van der Waals surface area contributed by atoms with Crippen molar-refractivity contribution in [1.29, 1.82) is 0 Å². The van der Waals surface area contributed by atoms with Gasteiger partial charge in [-0.25, -0.2) is 9.50 Å². The number of nitrogens with two attached hydrogens (primary N) is 1. The third-order valence-corrected chi connectivity index (χ3v) is 7.75. The number of carbonyl (C=O) groups is 2. The second-order valence-electron chi connectivity index (χ2n) is 10.3. The fraction of sp³-hybridized carbons (Fsp3) is 0.462. The molecule has 10 nitrogen and oxygen atoms in total. The zero-order valence-electron chi connectivity index (χ0n) is 20.7. The lowest BCUT2D eigenvalue weighted by Crippen LogP contribution is -2.39. The Hall–Kier alpha value is -3.80. The van der Waals surface area contributed by atoms with Crippen molar-refractivity contribution in [3.63, 3.8) is 0 Å². The van der Waals surface area contributed by atoms with Gasteiger partial charge in [0.2, 0.25) is 0 Å². The molecule has 2 amide bonds. The first-order chi connectivity index (χ1) is 18.2. The Balaban J connectivity index is 1.38. The first-order valence-electron chi connectivity index (χ1n) is 12.7. The summed E-state index contributed by atoms with van der Waals surface area (Å²) in [6, 6.07) is 4.36. The lowest BCUT2D eigenvalue weighted by molar-refractivity contribution is -0.0501. The Morgan fingerprint density at radius 1 is 1.26 bits per heavy atom. The number of fused-ring (bicyclic) bond motifs is 2. The smallest absolute Gasteiger partial charge is 0.387 e. The molecule has 4 N–H and O–H groups in total. The molecule has 0 saturated heterocycles. The Morgan fingerprint density at radius 2 is 2.00 bits per heavy atom. The highest BCUT2D eigenvalue weighted by Gasteiger charge is 2.40. The third-order valence-electron chi connectivity index (χ3n) is 7.75. The molecule has 200 valence electrons. The number of nitrogens with one attached hydrogen (secondary N) is 1. The van der Waals surface area contributed by atoms with Gasteiger partial charge in [0, 0.05) is 24.3 Å². The molecule has 2 aliphatic carbocycles. The van der Waals surface area contributed by atoms with Crippen LogP contribution in [0.25, 0.3) is 16.9 Å². The highest BCUT2D eigenvalue weighted by Crippen LogP contribution is 2.42. The molecule has 38 heavy (non-hydrogen) atoms. The molecular formula is C26H28F2N6O4. The van der Waals surface area contributed by atoms with Gasteiger partial charge in [-0.3, -0.25) is 9.59 Å². The summed E-state index contributed by atoms with van der Waals surface area (Å²) >= 11 is 0. The summed E-state index contributed by atoms with van der Waals surface area (Å²) in [5, 5.41) is 16.6. The molecule has 2 atom stereocenters. The topological polar surface area (TPSA) is 135 Å². The molecule has 0 bridgehead atoms. The van der Waals surface area contributed by atoms with E-state index >= 15 is 0 Å². The van der Waals surface area contributed by atoms with Crippen LogP contribution in [0.4, 0.5) is 14.6 Å². The van der Waals surface area contributed by atoms with E-state index < -0.39 is 12.5 Å². The molecule has 1 aromatic carbocycles. The molecule has 6 rings (SSSR count). The van der Waals surface area contributed by atoms with E-state index in [1.54, 1.807) is 23.2 Å². The minimum Gasteiger partial charge on any atom is -0.434 e. The molecule has 12 heteroatoms. The minimum absolute atomic E-state index is 0.00134. The van der Waals surface area contributed by atoms with Crippen molar-refractivity contribution >= 4 is 23.3 Å². The van der Waals surface area contributed by atoms with Crippen molar-refractivity contribution in [3.8, 4) is 17.0 Å². The van der Waals surface area contributed by atoms with E-state index in [9.17, 15) is 23.5 Å². The van der Waals surface area contributed by atoms with Crippen LogP contribution in [0.2, 0.25) is 0 Å². The van der Waals surface area contributed by atoms with Crippen LogP contribution in [0, 0.1) is 11.8 Å². The fourth-order valence-corrected chi connectivity index (χ4v) is 5.31. The molecular weight excluding hydrogens is 498 g/mol. The fourth-order valence-electron chi connectivity index (χ4n) is 5.31. The summed E-state index contributed by atoms with van der Waals surface area (Å²) in [7, 11) is 0. The van der Waals surface area contributed by atoms with Crippen molar-refractivity contribution in [2.24, 2.45) is 11.8 Å². The van der Waals surface area contributed by atoms with Crippen molar-refractivity contribution < 1.29 is 28.2 Å². The Bertz CT molecular complexity index is 1430. The number of aliphatic hydroxyl groups is 1. The predicted octanol–water partition coefficient (Wildman–Crippen LogP) is 2.83. The molecule has 3 heterocycles. The van der Waals surface area contributed by atoms with E-state index in [-0.39, 0.29) is 58.9 Å². The monoisotopic (exact) mass is 526 g/mol. The summed E-state index contributed by atoms with van der Waals surface area (Å²) in [5.41, 5.74) is 7.85. The maximum Gasteiger partial charge on any atom is 0.387 e. The Kier molecular flexibility index (Phi) is 5.93. The average Bonchev–Trinajstić information content (AvgIpc) is 3.80.